The van der Waals surface area contributed by atoms with Gasteiger partial charge in [0, 0.05) is 0 Å². The quantitative estimate of drug-likeness (QED) is 0.847. The molecule has 0 aliphatic heterocycles. The third kappa shape index (κ3) is 4.03. The summed E-state index contributed by atoms with van der Waals surface area (Å²) in [6.45, 7) is 2.03. The van der Waals surface area contributed by atoms with Gasteiger partial charge in [-0.3, -0.25) is 4.79 Å². The van der Waals surface area contributed by atoms with E-state index in [9.17, 15) is 9.90 Å². The molecule has 23 heavy (non-hydrogen) atoms. The molecule has 0 saturated heterocycles. The van der Waals surface area contributed by atoms with Crippen LogP contribution in [0.3, 0.4) is 0 Å². The van der Waals surface area contributed by atoms with Crippen molar-refractivity contribution in [2.75, 3.05) is 14.2 Å². The minimum absolute atomic E-state index is 0.419. The van der Waals surface area contributed by atoms with Crippen molar-refractivity contribution in [3.05, 3.63) is 59.2 Å². The Labute approximate surface area is 136 Å². The molecule has 2 rings (SSSR count). The first-order chi connectivity index (χ1) is 11.1. The van der Waals surface area contributed by atoms with Crippen LogP contribution >= 0.6 is 0 Å². The topological polar surface area (TPSA) is 55.8 Å². The van der Waals surface area contributed by atoms with Crippen LogP contribution in [0, 0.1) is 0 Å². The van der Waals surface area contributed by atoms with Crippen molar-refractivity contribution in [1.82, 2.24) is 0 Å². The molecule has 1 atom stereocenters. The summed E-state index contributed by atoms with van der Waals surface area (Å²) >= 11 is 0. The Hall–Kier alpha value is -2.49. The van der Waals surface area contributed by atoms with Gasteiger partial charge in [0.2, 0.25) is 0 Å². The molecule has 2 aromatic rings. The molecule has 0 radical (unpaired) electrons. The van der Waals surface area contributed by atoms with Gasteiger partial charge in [0.05, 0.1) is 20.1 Å². The zero-order valence-corrected chi connectivity index (χ0v) is 13.7. The summed E-state index contributed by atoms with van der Waals surface area (Å²) in [7, 11) is 3.23. The molecule has 1 N–H and O–H groups in total. The molecule has 0 fully saturated rings. The van der Waals surface area contributed by atoms with Gasteiger partial charge in [0.15, 0.2) is 0 Å². The van der Waals surface area contributed by atoms with Gasteiger partial charge in [-0.2, -0.15) is 0 Å². The van der Waals surface area contributed by atoms with E-state index >= 15 is 0 Å². The fourth-order valence-electron chi connectivity index (χ4n) is 2.67. The van der Waals surface area contributed by atoms with E-state index < -0.39 is 11.9 Å². The number of hydrogen-bond acceptors (Lipinski definition) is 3. The zero-order chi connectivity index (χ0) is 16.8. The molecule has 4 nitrogen and oxygen atoms in total. The smallest absolute Gasteiger partial charge is 0.311 e. The first-order valence-corrected chi connectivity index (χ1v) is 7.61. The number of aryl methyl sites for hydroxylation is 1. The van der Waals surface area contributed by atoms with Crippen molar-refractivity contribution in [2.24, 2.45) is 0 Å². The van der Waals surface area contributed by atoms with Crippen LogP contribution in [0.2, 0.25) is 0 Å². The summed E-state index contributed by atoms with van der Waals surface area (Å²) in [6, 6.07) is 13.1. The molecule has 0 bridgehead atoms. The number of ether oxygens (including phenoxy) is 2. The predicted molar refractivity (Wildman–Crippen MR) is 89.4 cm³/mol. The van der Waals surface area contributed by atoms with Crippen LogP contribution in [0.15, 0.2) is 42.5 Å². The lowest BCUT2D eigenvalue weighted by molar-refractivity contribution is -0.138. The molecule has 0 spiro atoms. The lowest BCUT2D eigenvalue weighted by Gasteiger charge is -2.16. The lowest BCUT2D eigenvalue weighted by Crippen LogP contribution is -2.15. The number of benzene rings is 2. The molecule has 0 aliphatic rings. The summed E-state index contributed by atoms with van der Waals surface area (Å²) < 4.78 is 10.5. The van der Waals surface area contributed by atoms with Crippen LogP contribution in [-0.2, 0) is 17.6 Å². The van der Waals surface area contributed by atoms with Gasteiger partial charge in [-0.25, -0.2) is 0 Å². The molecular weight excluding hydrogens is 292 g/mol. The minimum Gasteiger partial charge on any atom is -0.497 e. The van der Waals surface area contributed by atoms with Crippen LogP contribution in [0.4, 0.5) is 0 Å². The van der Waals surface area contributed by atoms with Crippen LogP contribution in [0.1, 0.15) is 29.5 Å². The minimum atomic E-state index is -0.833. The molecular formula is C19H22O4. The Morgan fingerprint density at radius 1 is 1.13 bits per heavy atom. The van der Waals surface area contributed by atoms with Gasteiger partial charge in [-0.05, 0) is 47.7 Å². The normalized spacial score (nSPS) is 11.8. The number of rotatable bonds is 7. The molecule has 0 aromatic heterocycles. The highest BCUT2D eigenvalue weighted by molar-refractivity contribution is 5.76. The fraction of sp³-hybridized carbons (Fsp3) is 0.316. The third-order valence-corrected chi connectivity index (χ3v) is 3.96. The first kappa shape index (κ1) is 16.9. The summed E-state index contributed by atoms with van der Waals surface area (Å²) in [6.07, 6.45) is 1.21. The monoisotopic (exact) mass is 314 g/mol. The second-order valence-corrected chi connectivity index (χ2v) is 5.37. The summed E-state index contributed by atoms with van der Waals surface area (Å²) in [5.41, 5.74) is 2.74. The molecule has 4 heteroatoms. The van der Waals surface area contributed by atoms with E-state index in [-0.39, 0.29) is 0 Å². The Bertz CT molecular complexity index is 679. The van der Waals surface area contributed by atoms with Crippen molar-refractivity contribution >= 4 is 5.97 Å². The van der Waals surface area contributed by atoms with Crippen molar-refractivity contribution in [3.63, 3.8) is 0 Å². The van der Waals surface area contributed by atoms with E-state index in [0.717, 1.165) is 34.6 Å². The Morgan fingerprint density at radius 3 is 2.52 bits per heavy atom. The number of carboxylic acid groups (broad SMARTS) is 1. The van der Waals surface area contributed by atoms with Crippen molar-refractivity contribution in [3.8, 4) is 11.5 Å². The molecule has 0 heterocycles. The van der Waals surface area contributed by atoms with Crippen LogP contribution in [-0.4, -0.2) is 25.3 Å². The highest BCUT2D eigenvalue weighted by Gasteiger charge is 2.21. The predicted octanol–water partition coefficient (Wildman–Crippen LogP) is 3.68. The summed E-state index contributed by atoms with van der Waals surface area (Å²) in [5.74, 6) is 0.0933. The molecule has 1 unspecified atom stereocenters. The maximum Gasteiger partial charge on any atom is 0.311 e. The van der Waals surface area contributed by atoms with Crippen LogP contribution < -0.4 is 9.47 Å². The maximum absolute atomic E-state index is 11.8. The van der Waals surface area contributed by atoms with Gasteiger partial charge < -0.3 is 14.6 Å². The standard InChI is InChI=1S/C19H22O4/c1-4-14-12-15(8-9-18(14)23-3)17(19(20)21)11-13-6-5-7-16(10-13)22-2/h5-10,12,17H,4,11H2,1-3H3,(H,20,21). The number of methoxy groups -OCH3 is 2. The second kappa shape index (κ2) is 7.68. The average molecular weight is 314 g/mol. The summed E-state index contributed by atoms with van der Waals surface area (Å²) in [4.78, 5) is 11.8. The molecule has 0 saturated carbocycles. The molecule has 0 amide bonds. The lowest BCUT2D eigenvalue weighted by atomic mass is 9.90. The number of carboxylic acids is 1. The highest BCUT2D eigenvalue weighted by atomic mass is 16.5. The largest absolute Gasteiger partial charge is 0.497 e. The van der Waals surface area contributed by atoms with Crippen molar-refractivity contribution in [2.45, 2.75) is 25.7 Å². The van der Waals surface area contributed by atoms with Gasteiger partial charge >= 0.3 is 5.97 Å². The first-order valence-electron chi connectivity index (χ1n) is 7.61. The zero-order valence-electron chi connectivity index (χ0n) is 13.7. The van der Waals surface area contributed by atoms with Crippen LogP contribution in [0.25, 0.3) is 0 Å². The number of aliphatic carboxylic acids is 1. The summed E-state index contributed by atoms with van der Waals surface area (Å²) in [5, 5.41) is 9.64. The van der Waals surface area contributed by atoms with E-state index in [2.05, 4.69) is 0 Å². The maximum atomic E-state index is 11.8. The highest BCUT2D eigenvalue weighted by Crippen LogP contribution is 2.28. The van der Waals surface area contributed by atoms with Gasteiger partial charge in [-0.15, -0.1) is 0 Å². The van der Waals surface area contributed by atoms with Crippen molar-refractivity contribution < 1.29 is 19.4 Å². The number of carbonyl (C=O) groups is 1. The van der Waals surface area contributed by atoms with Crippen LogP contribution in [0.5, 0.6) is 11.5 Å². The van der Waals surface area contributed by atoms with E-state index in [4.69, 9.17) is 9.47 Å². The van der Waals surface area contributed by atoms with Gasteiger partial charge in [0.25, 0.3) is 0 Å². The Kier molecular flexibility index (Phi) is 5.63. The van der Waals surface area contributed by atoms with Gasteiger partial charge in [-0.1, -0.05) is 31.2 Å². The number of hydrogen-bond donors (Lipinski definition) is 1. The van der Waals surface area contributed by atoms with E-state index in [0.29, 0.717) is 6.42 Å². The SMILES string of the molecule is CCc1cc(C(Cc2cccc(OC)c2)C(=O)O)ccc1OC. The fourth-order valence-corrected chi connectivity index (χ4v) is 2.67. The molecule has 2 aromatic carbocycles. The second-order valence-electron chi connectivity index (χ2n) is 5.37. The Balaban J connectivity index is 2.33. The molecule has 0 aliphatic carbocycles. The van der Waals surface area contributed by atoms with Crippen molar-refractivity contribution in [1.29, 1.82) is 0 Å². The van der Waals surface area contributed by atoms with Gasteiger partial charge in [0.1, 0.15) is 11.5 Å². The van der Waals surface area contributed by atoms with E-state index in [1.54, 1.807) is 14.2 Å². The Morgan fingerprint density at radius 2 is 1.91 bits per heavy atom. The van der Waals surface area contributed by atoms with E-state index in [1.165, 1.54) is 0 Å². The average Bonchev–Trinajstić information content (AvgIpc) is 2.59. The molecule has 122 valence electrons. The third-order valence-electron chi connectivity index (χ3n) is 3.96. The van der Waals surface area contributed by atoms with E-state index in [1.807, 2.05) is 49.4 Å².